The van der Waals surface area contributed by atoms with Gasteiger partial charge in [-0.3, -0.25) is 4.79 Å². The van der Waals surface area contributed by atoms with Crippen molar-refractivity contribution >= 4 is 5.91 Å². The van der Waals surface area contributed by atoms with Gasteiger partial charge in [0.05, 0.1) is 12.3 Å². The number of nitrogens with zero attached hydrogens (tertiary/aromatic N) is 3. The first kappa shape index (κ1) is 12.8. The fourth-order valence-electron chi connectivity index (χ4n) is 2.52. The summed E-state index contributed by atoms with van der Waals surface area (Å²) in [6, 6.07) is 10.0. The van der Waals surface area contributed by atoms with Crippen molar-refractivity contribution in [3.05, 3.63) is 47.7 Å². The van der Waals surface area contributed by atoms with Crippen LogP contribution in [0.5, 0.6) is 0 Å². The number of rotatable bonds is 3. The van der Waals surface area contributed by atoms with E-state index >= 15 is 0 Å². The number of carbonyl (C=O) groups is 1. The van der Waals surface area contributed by atoms with E-state index in [0.29, 0.717) is 24.7 Å². The van der Waals surface area contributed by atoms with Crippen molar-refractivity contribution in [1.82, 2.24) is 15.1 Å². The van der Waals surface area contributed by atoms with Gasteiger partial charge in [0.15, 0.2) is 0 Å². The number of hydrogen-bond donors (Lipinski definition) is 0. The summed E-state index contributed by atoms with van der Waals surface area (Å²) in [6.45, 7) is 3.05. The maximum atomic E-state index is 11.3. The molecule has 0 radical (unpaired) electrons. The minimum Gasteiger partial charge on any atom is -0.425 e. The Balaban J connectivity index is 1.67. The van der Waals surface area contributed by atoms with E-state index in [1.54, 1.807) is 6.92 Å². The number of carbonyl (C=O) groups excluding carboxylic acids is 1. The van der Waals surface area contributed by atoms with E-state index in [2.05, 4.69) is 10.2 Å². The van der Waals surface area contributed by atoms with E-state index in [-0.39, 0.29) is 11.8 Å². The van der Waals surface area contributed by atoms with Gasteiger partial charge in [-0.1, -0.05) is 30.3 Å². The quantitative estimate of drug-likeness (QED) is 0.856. The van der Waals surface area contributed by atoms with E-state index < -0.39 is 0 Å². The number of hydrogen-bond acceptors (Lipinski definition) is 4. The molecule has 1 aliphatic rings. The molecule has 104 valence electrons. The fraction of sp³-hybridized carbons (Fsp3) is 0.400. The molecule has 0 bridgehead atoms. The van der Waals surface area contributed by atoms with Crippen LogP contribution < -0.4 is 0 Å². The molecular formula is C15H17N3O2. The summed E-state index contributed by atoms with van der Waals surface area (Å²) < 4.78 is 5.74. The normalized spacial score (nSPS) is 18.4. The van der Waals surface area contributed by atoms with E-state index in [0.717, 1.165) is 18.5 Å². The van der Waals surface area contributed by atoms with Crippen molar-refractivity contribution in [2.24, 2.45) is 0 Å². The second kappa shape index (κ2) is 5.45. The molecule has 5 nitrogen and oxygen atoms in total. The molecule has 0 aliphatic carbocycles. The van der Waals surface area contributed by atoms with Gasteiger partial charge in [-0.25, -0.2) is 0 Å². The zero-order chi connectivity index (χ0) is 13.9. The van der Waals surface area contributed by atoms with Crippen molar-refractivity contribution in [3.8, 4) is 0 Å². The Bertz CT molecular complexity index is 594. The Labute approximate surface area is 117 Å². The van der Waals surface area contributed by atoms with Crippen LogP contribution in [0.3, 0.4) is 0 Å². The van der Waals surface area contributed by atoms with E-state index in [1.807, 2.05) is 35.2 Å². The van der Waals surface area contributed by atoms with Crippen LogP contribution in [0, 0.1) is 0 Å². The molecule has 1 aliphatic heterocycles. The Morgan fingerprint density at radius 1 is 1.35 bits per heavy atom. The van der Waals surface area contributed by atoms with Crippen molar-refractivity contribution in [2.75, 3.05) is 13.1 Å². The summed E-state index contributed by atoms with van der Waals surface area (Å²) in [5, 5.41) is 8.24. The lowest BCUT2D eigenvalue weighted by atomic mass is 10.1. The molecule has 1 amide bonds. The molecule has 1 saturated heterocycles. The van der Waals surface area contributed by atoms with Gasteiger partial charge < -0.3 is 9.32 Å². The van der Waals surface area contributed by atoms with Crippen LogP contribution in [0.25, 0.3) is 0 Å². The van der Waals surface area contributed by atoms with Crippen LogP contribution in [-0.4, -0.2) is 34.1 Å². The Kier molecular flexibility index (Phi) is 3.50. The lowest BCUT2D eigenvalue weighted by Gasteiger charge is -2.11. The summed E-state index contributed by atoms with van der Waals surface area (Å²) >= 11 is 0. The second-order valence-corrected chi connectivity index (χ2v) is 5.15. The maximum absolute atomic E-state index is 11.3. The standard InChI is InChI=1S/C15H17N3O2/c1-11(19)18-8-7-13(10-18)15-17-16-14(20-15)9-12-5-3-2-4-6-12/h2-6,13H,7-10H2,1H3/t13-/m0/s1. The molecule has 0 N–H and O–H groups in total. The third-order valence-electron chi connectivity index (χ3n) is 3.66. The molecule has 0 spiro atoms. The predicted molar refractivity (Wildman–Crippen MR) is 73.2 cm³/mol. The van der Waals surface area contributed by atoms with Gasteiger partial charge in [0, 0.05) is 20.0 Å². The molecule has 1 aromatic carbocycles. The Hall–Kier alpha value is -2.17. The molecule has 1 aromatic heterocycles. The third kappa shape index (κ3) is 2.71. The maximum Gasteiger partial charge on any atom is 0.221 e. The average Bonchev–Trinajstić information content (AvgIpc) is 3.08. The molecule has 20 heavy (non-hydrogen) atoms. The second-order valence-electron chi connectivity index (χ2n) is 5.15. The molecule has 3 rings (SSSR count). The largest absolute Gasteiger partial charge is 0.425 e. The van der Waals surface area contributed by atoms with Crippen LogP contribution in [0.2, 0.25) is 0 Å². The van der Waals surface area contributed by atoms with Crippen molar-refractivity contribution < 1.29 is 9.21 Å². The van der Waals surface area contributed by atoms with Crippen LogP contribution in [0.1, 0.15) is 36.6 Å². The number of likely N-dealkylation sites (tertiary alicyclic amines) is 1. The zero-order valence-corrected chi connectivity index (χ0v) is 11.5. The van der Waals surface area contributed by atoms with Crippen molar-refractivity contribution in [2.45, 2.75) is 25.7 Å². The number of amides is 1. The minimum atomic E-state index is 0.108. The van der Waals surface area contributed by atoms with Crippen LogP contribution in [0.15, 0.2) is 34.7 Å². The first-order chi connectivity index (χ1) is 9.72. The van der Waals surface area contributed by atoms with E-state index in [4.69, 9.17) is 4.42 Å². The highest BCUT2D eigenvalue weighted by atomic mass is 16.4. The van der Waals surface area contributed by atoms with Gasteiger partial charge in [-0.2, -0.15) is 0 Å². The summed E-state index contributed by atoms with van der Waals surface area (Å²) in [5.74, 6) is 1.57. The molecular weight excluding hydrogens is 254 g/mol. The topological polar surface area (TPSA) is 59.2 Å². The first-order valence-electron chi connectivity index (χ1n) is 6.84. The lowest BCUT2D eigenvalue weighted by Crippen LogP contribution is -2.25. The smallest absolute Gasteiger partial charge is 0.221 e. The van der Waals surface area contributed by atoms with E-state index in [1.165, 1.54) is 0 Å². The van der Waals surface area contributed by atoms with Crippen LogP contribution in [0.4, 0.5) is 0 Å². The molecule has 0 unspecified atom stereocenters. The Morgan fingerprint density at radius 2 is 2.15 bits per heavy atom. The van der Waals surface area contributed by atoms with Gasteiger partial charge in [0.25, 0.3) is 0 Å². The molecule has 2 aromatic rings. The number of benzene rings is 1. The van der Waals surface area contributed by atoms with Gasteiger partial charge in [0.2, 0.25) is 17.7 Å². The third-order valence-corrected chi connectivity index (χ3v) is 3.66. The van der Waals surface area contributed by atoms with E-state index in [9.17, 15) is 4.79 Å². The molecule has 0 saturated carbocycles. The zero-order valence-electron chi connectivity index (χ0n) is 11.5. The SMILES string of the molecule is CC(=O)N1CC[C@H](c2nnc(Cc3ccccc3)o2)C1. The van der Waals surface area contributed by atoms with Gasteiger partial charge in [-0.15, -0.1) is 10.2 Å². The van der Waals surface area contributed by atoms with Gasteiger partial charge >= 0.3 is 0 Å². The van der Waals surface area contributed by atoms with Crippen LogP contribution >= 0.6 is 0 Å². The molecule has 5 heteroatoms. The lowest BCUT2D eigenvalue weighted by molar-refractivity contribution is -0.127. The molecule has 2 heterocycles. The summed E-state index contributed by atoms with van der Waals surface area (Å²) in [6.07, 6.45) is 1.55. The summed E-state index contributed by atoms with van der Waals surface area (Å²) in [4.78, 5) is 13.2. The van der Waals surface area contributed by atoms with Gasteiger partial charge in [0.1, 0.15) is 0 Å². The highest BCUT2D eigenvalue weighted by Gasteiger charge is 2.29. The summed E-state index contributed by atoms with van der Waals surface area (Å²) in [5.41, 5.74) is 1.15. The molecule has 1 fully saturated rings. The monoisotopic (exact) mass is 271 g/mol. The molecule has 1 atom stereocenters. The highest BCUT2D eigenvalue weighted by Crippen LogP contribution is 2.26. The average molecular weight is 271 g/mol. The minimum absolute atomic E-state index is 0.108. The van der Waals surface area contributed by atoms with Gasteiger partial charge in [-0.05, 0) is 12.0 Å². The van der Waals surface area contributed by atoms with Crippen molar-refractivity contribution in [3.63, 3.8) is 0 Å². The Morgan fingerprint density at radius 3 is 2.85 bits per heavy atom. The predicted octanol–water partition coefficient (Wildman–Crippen LogP) is 2.00. The summed E-state index contributed by atoms with van der Waals surface area (Å²) in [7, 11) is 0. The highest BCUT2D eigenvalue weighted by molar-refractivity contribution is 5.73. The fourth-order valence-corrected chi connectivity index (χ4v) is 2.52. The van der Waals surface area contributed by atoms with Crippen molar-refractivity contribution in [1.29, 1.82) is 0 Å². The first-order valence-corrected chi connectivity index (χ1v) is 6.84. The van der Waals surface area contributed by atoms with Crippen LogP contribution in [-0.2, 0) is 11.2 Å². The number of aromatic nitrogens is 2.